The number of hydrogen-bond acceptors (Lipinski definition) is 3. The number of aromatic nitrogens is 4. The van der Waals surface area contributed by atoms with E-state index in [1.807, 2.05) is 30.5 Å². The number of aryl methyl sites for hydroxylation is 2. The molecule has 0 saturated heterocycles. The van der Waals surface area contributed by atoms with Gasteiger partial charge in [-0.2, -0.15) is 0 Å². The van der Waals surface area contributed by atoms with E-state index in [1.165, 1.54) is 29.9 Å². The molecule has 2 aromatic carbocycles. The summed E-state index contributed by atoms with van der Waals surface area (Å²) < 4.78 is 2.44. The fourth-order valence-electron chi connectivity index (χ4n) is 3.99. The molecule has 0 radical (unpaired) electrons. The number of rotatable bonds is 4. The lowest BCUT2D eigenvalue weighted by Crippen LogP contribution is -2.13. The van der Waals surface area contributed by atoms with Crippen molar-refractivity contribution in [3.05, 3.63) is 78.0 Å². The van der Waals surface area contributed by atoms with Crippen LogP contribution in [0.2, 0.25) is 0 Å². The quantitative estimate of drug-likeness (QED) is 0.537. The Labute approximate surface area is 158 Å². The van der Waals surface area contributed by atoms with Crippen molar-refractivity contribution in [2.75, 3.05) is 0 Å². The normalized spacial score (nSPS) is 13.6. The first-order chi connectivity index (χ1) is 13.4. The van der Waals surface area contributed by atoms with Gasteiger partial charge in [0.15, 0.2) is 0 Å². The summed E-state index contributed by atoms with van der Waals surface area (Å²) in [5, 5.41) is 0. The maximum absolute atomic E-state index is 5.05. The van der Waals surface area contributed by atoms with Gasteiger partial charge in [-0.15, -0.1) is 0 Å². The number of hydrogen-bond donors (Lipinski definition) is 0. The van der Waals surface area contributed by atoms with Crippen molar-refractivity contribution in [2.45, 2.75) is 38.6 Å². The van der Waals surface area contributed by atoms with E-state index in [2.05, 4.69) is 39.9 Å². The van der Waals surface area contributed by atoms with E-state index in [-0.39, 0.29) is 0 Å². The van der Waals surface area contributed by atoms with Crippen LogP contribution in [0.15, 0.2) is 60.8 Å². The number of fused-ring (bicyclic) bond motifs is 2. The molecule has 2 aromatic heterocycles. The summed E-state index contributed by atoms with van der Waals surface area (Å²) in [6.45, 7) is 1.08. The molecule has 4 aromatic rings. The molecule has 5 rings (SSSR count). The summed E-state index contributed by atoms with van der Waals surface area (Å²) >= 11 is 0. The Morgan fingerprint density at radius 1 is 0.815 bits per heavy atom. The number of imidazole rings is 1. The van der Waals surface area contributed by atoms with E-state index in [4.69, 9.17) is 9.97 Å². The molecule has 0 bridgehead atoms. The van der Waals surface area contributed by atoms with Gasteiger partial charge in [0, 0.05) is 30.4 Å². The highest BCUT2D eigenvalue weighted by Gasteiger charge is 2.20. The second-order valence-electron chi connectivity index (χ2n) is 7.15. The largest absolute Gasteiger partial charge is 0.331 e. The van der Waals surface area contributed by atoms with Crippen LogP contribution in [0.25, 0.3) is 22.3 Å². The topological polar surface area (TPSA) is 43.6 Å². The van der Waals surface area contributed by atoms with E-state index in [0.717, 1.165) is 48.2 Å². The Kier molecular flexibility index (Phi) is 4.17. The SMILES string of the molecule is c1ccc(-c2nc(CCc3cnc4ccccc4n3)n3c2CCCC3)cc1. The molecule has 27 heavy (non-hydrogen) atoms. The van der Waals surface area contributed by atoms with Gasteiger partial charge < -0.3 is 4.57 Å². The predicted octanol–water partition coefficient (Wildman–Crippen LogP) is 4.61. The minimum absolute atomic E-state index is 0.864. The number of para-hydroxylation sites is 2. The summed E-state index contributed by atoms with van der Waals surface area (Å²) in [5.41, 5.74) is 6.72. The molecule has 1 aliphatic heterocycles. The van der Waals surface area contributed by atoms with Crippen LogP contribution < -0.4 is 0 Å². The van der Waals surface area contributed by atoms with Crippen LogP contribution in [0, 0.1) is 0 Å². The zero-order valence-corrected chi connectivity index (χ0v) is 15.3. The molecule has 3 heterocycles. The Bertz CT molecular complexity index is 1080. The van der Waals surface area contributed by atoms with Crippen molar-refractivity contribution < 1.29 is 0 Å². The van der Waals surface area contributed by atoms with Crippen LogP contribution in [-0.4, -0.2) is 19.5 Å². The zero-order valence-electron chi connectivity index (χ0n) is 15.3. The molecular weight excluding hydrogens is 332 g/mol. The highest BCUT2D eigenvalue weighted by atomic mass is 15.1. The van der Waals surface area contributed by atoms with E-state index in [9.17, 15) is 0 Å². The van der Waals surface area contributed by atoms with Crippen molar-refractivity contribution in [3.63, 3.8) is 0 Å². The molecule has 0 unspecified atom stereocenters. The van der Waals surface area contributed by atoms with Crippen molar-refractivity contribution in [1.82, 2.24) is 19.5 Å². The molecule has 4 nitrogen and oxygen atoms in total. The van der Waals surface area contributed by atoms with Crippen molar-refractivity contribution in [2.24, 2.45) is 0 Å². The predicted molar refractivity (Wildman–Crippen MR) is 108 cm³/mol. The lowest BCUT2D eigenvalue weighted by atomic mass is 10.0. The van der Waals surface area contributed by atoms with Crippen LogP contribution in [0.5, 0.6) is 0 Å². The van der Waals surface area contributed by atoms with E-state index >= 15 is 0 Å². The van der Waals surface area contributed by atoms with Gasteiger partial charge in [-0.1, -0.05) is 42.5 Å². The zero-order chi connectivity index (χ0) is 18.1. The Hall–Kier alpha value is -3.01. The van der Waals surface area contributed by atoms with Gasteiger partial charge in [0.1, 0.15) is 5.82 Å². The second-order valence-corrected chi connectivity index (χ2v) is 7.15. The van der Waals surface area contributed by atoms with Gasteiger partial charge in [0.25, 0.3) is 0 Å². The van der Waals surface area contributed by atoms with Crippen LogP contribution in [0.3, 0.4) is 0 Å². The second kappa shape index (κ2) is 6.95. The summed E-state index contributed by atoms with van der Waals surface area (Å²) in [7, 11) is 0. The number of nitrogens with zero attached hydrogens (tertiary/aromatic N) is 4. The van der Waals surface area contributed by atoms with Crippen LogP contribution in [0.4, 0.5) is 0 Å². The standard InChI is InChI=1S/C23H22N4/c1-2-8-17(9-3-1)23-21-12-6-7-15-27(21)22(26-23)14-13-18-16-24-19-10-4-5-11-20(19)25-18/h1-5,8-11,16H,6-7,12-15H2. The molecule has 0 spiro atoms. The third-order valence-corrected chi connectivity index (χ3v) is 5.35. The monoisotopic (exact) mass is 354 g/mol. The van der Waals surface area contributed by atoms with Gasteiger partial charge in [-0.3, -0.25) is 4.98 Å². The van der Waals surface area contributed by atoms with Crippen molar-refractivity contribution in [1.29, 1.82) is 0 Å². The molecule has 0 N–H and O–H groups in total. The average Bonchev–Trinajstić information content (AvgIpc) is 3.11. The highest BCUT2D eigenvalue weighted by molar-refractivity contribution is 5.73. The molecule has 134 valence electrons. The van der Waals surface area contributed by atoms with Crippen molar-refractivity contribution in [3.8, 4) is 11.3 Å². The van der Waals surface area contributed by atoms with Crippen molar-refractivity contribution >= 4 is 11.0 Å². The van der Waals surface area contributed by atoms with E-state index < -0.39 is 0 Å². The van der Waals surface area contributed by atoms with Crippen LogP contribution in [0.1, 0.15) is 30.1 Å². The van der Waals surface area contributed by atoms with Gasteiger partial charge in [-0.25, -0.2) is 9.97 Å². The summed E-state index contributed by atoms with van der Waals surface area (Å²) in [4.78, 5) is 14.4. The third kappa shape index (κ3) is 3.12. The summed E-state index contributed by atoms with van der Waals surface area (Å²) in [6.07, 6.45) is 7.27. The highest BCUT2D eigenvalue weighted by Crippen LogP contribution is 2.29. The maximum Gasteiger partial charge on any atom is 0.110 e. The van der Waals surface area contributed by atoms with Crippen LogP contribution >= 0.6 is 0 Å². The lowest BCUT2D eigenvalue weighted by Gasteiger charge is -2.17. The van der Waals surface area contributed by atoms with E-state index in [1.54, 1.807) is 0 Å². The van der Waals surface area contributed by atoms with Gasteiger partial charge in [0.05, 0.1) is 22.4 Å². The maximum atomic E-state index is 5.05. The molecule has 0 saturated carbocycles. The molecule has 4 heteroatoms. The fraction of sp³-hybridized carbons (Fsp3) is 0.261. The summed E-state index contributed by atoms with van der Waals surface area (Å²) in [5.74, 6) is 1.18. The molecule has 0 amide bonds. The number of benzene rings is 2. The lowest BCUT2D eigenvalue weighted by molar-refractivity contribution is 0.513. The Balaban J connectivity index is 1.45. The molecule has 1 aliphatic rings. The smallest absolute Gasteiger partial charge is 0.110 e. The molecule has 0 atom stereocenters. The molecule has 0 fully saturated rings. The van der Waals surface area contributed by atoms with E-state index in [0.29, 0.717) is 0 Å². The first-order valence-electron chi connectivity index (χ1n) is 9.73. The Morgan fingerprint density at radius 2 is 1.63 bits per heavy atom. The minimum atomic E-state index is 0.864. The van der Waals surface area contributed by atoms with Gasteiger partial charge in [0.2, 0.25) is 0 Å². The minimum Gasteiger partial charge on any atom is -0.331 e. The average molecular weight is 354 g/mol. The molecule has 0 aliphatic carbocycles. The van der Waals surface area contributed by atoms with Gasteiger partial charge in [-0.05, 0) is 37.8 Å². The molecular formula is C23H22N4. The first-order valence-corrected chi connectivity index (χ1v) is 9.73. The first kappa shape index (κ1) is 16.2. The fourth-order valence-corrected chi connectivity index (χ4v) is 3.99. The Morgan fingerprint density at radius 3 is 2.52 bits per heavy atom. The summed E-state index contributed by atoms with van der Waals surface area (Å²) in [6, 6.07) is 18.6. The third-order valence-electron chi connectivity index (χ3n) is 5.35. The van der Waals surface area contributed by atoms with Crippen LogP contribution in [-0.2, 0) is 25.8 Å². The van der Waals surface area contributed by atoms with Gasteiger partial charge >= 0.3 is 0 Å².